The van der Waals surface area contributed by atoms with Crippen LogP contribution in [0.15, 0.2) is 9.95 Å². The number of carbonyl (C=O) groups excluding carboxylic acids is 1. The van der Waals surface area contributed by atoms with Crippen LogP contribution in [0, 0.1) is 13.8 Å². The molecule has 27 heavy (non-hydrogen) atoms. The van der Waals surface area contributed by atoms with Gasteiger partial charge in [-0.3, -0.25) is 14.2 Å². The Morgan fingerprint density at radius 1 is 1.11 bits per heavy atom. The summed E-state index contributed by atoms with van der Waals surface area (Å²) >= 11 is 2.98. The summed E-state index contributed by atoms with van der Waals surface area (Å²) in [6.07, 6.45) is 4.57. The lowest BCUT2D eigenvalue weighted by Gasteiger charge is -2.24. The maximum absolute atomic E-state index is 13.1. The van der Waals surface area contributed by atoms with Crippen molar-refractivity contribution < 1.29 is 4.79 Å². The van der Waals surface area contributed by atoms with Crippen molar-refractivity contribution in [3.8, 4) is 0 Å². The van der Waals surface area contributed by atoms with E-state index < -0.39 is 0 Å². The normalized spacial score (nSPS) is 16.7. The first kappa shape index (κ1) is 20.4. The SMILES string of the molecule is Cc1sc2nc(S[C@H](C)C(=O)N3CCCCCC3)n(C(C)C)c(=O)c2c1C. The van der Waals surface area contributed by atoms with Crippen LogP contribution >= 0.6 is 23.1 Å². The van der Waals surface area contributed by atoms with Crippen LogP contribution in [0.25, 0.3) is 10.2 Å². The van der Waals surface area contributed by atoms with Crippen LogP contribution in [0.3, 0.4) is 0 Å². The first-order valence-electron chi connectivity index (χ1n) is 9.79. The Morgan fingerprint density at radius 3 is 2.33 bits per heavy atom. The molecule has 0 aromatic carbocycles. The molecule has 0 saturated carbocycles. The molecule has 0 N–H and O–H groups in total. The van der Waals surface area contributed by atoms with Crippen molar-refractivity contribution in [2.45, 2.75) is 76.8 Å². The molecule has 1 amide bonds. The first-order valence-corrected chi connectivity index (χ1v) is 11.5. The molecule has 148 valence electrons. The van der Waals surface area contributed by atoms with E-state index in [1.165, 1.54) is 24.6 Å². The third-order valence-electron chi connectivity index (χ3n) is 5.27. The van der Waals surface area contributed by atoms with Crippen molar-refractivity contribution in [2.24, 2.45) is 0 Å². The molecule has 0 spiro atoms. The minimum atomic E-state index is -0.250. The maximum atomic E-state index is 13.1. The van der Waals surface area contributed by atoms with Crippen LogP contribution < -0.4 is 5.56 Å². The highest BCUT2D eigenvalue weighted by atomic mass is 32.2. The quantitative estimate of drug-likeness (QED) is 0.551. The number of thioether (sulfide) groups is 1. The molecule has 7 heteroatoms. The van der Waals surface area contributed by atoms with Gasteiger partial charge in [-0.25, -0.2) is 4.98 Å². The second-order valence-corrected chi connectivity index (χ2v) is 10.1. The van der Waals surface area contributed by atoms with Gasteiger partial charge in [0.05, 0.1) is 10.6 Å². The fourth-order valence-corrected chi connectivity index (χ4v) is 5.78. The van der Waals surface area contributed by atoms with E-state index in [2.05, 4.69) is 0 Å². The molecule has 2 aromatic heterocycles. The minimum absolute atomic E-state index is 0.00278. The number of nitrogens with zero attached hydrogens (tertiary/aromatic N) is 3. The van der Waals surface area contributed by atoms with Gasteiger partial charge in [0.25, 0.3) is 5.56 Å². The van der Waals surface area contributed by atoms with Gasteiger partial charge in [0.1, 0.15) is 4.83 Å². The molecule has 0 aliphatic carbocycles. The van der Waals surface area contributed by atoms with Crippen LogP contribution in [0.2, 0.25) is 0 Å². The number of rotatable bonds is 4. The smallest absolute Gasteiger partial charge is 0.263 e. The molecule has 2 aromatic rings. The zero-order chi connectivity index (χ0) is 19.7. The molecule has 3 rings (SSSR count). The first-order chi connectivity index (χ1) is 12.8. The van der Waals surface area contributed by atoms with E-state index in [9.17, 15) is 9.59 Å². The minimum Gasteiger partial charge on any atom is -0.342 e. The molecule has 1 saturated heterocycles. The van der Waals surface area contributed by atoms with E-state index in [-0.39, 0.29) is 22.8 Å². The number of aryl methyl sites for hydroxylation is 2. The van der Waals surface area contributed by atoms with Crippen molar-refractivity contribution in [3.63, 3.8) is 0 Å². The number of hydrogen-bond acceptors (Lipinski definition) is 5. The molecule has 5 nitrogen and oxygen atoms in total. The lowest BCUT2D eigenvalue weighted by molar-refractivity contribution is -0.130. The number of hydrogen-bond donors (Lipinski definition) is 0. The Bertz CT molecular complexity index is 893. The fraction of sp³-hybridized carbons (Fsp3) is 0.650. The summed E-state index contributed by atoms with van der Waals surface area (Å²) in [6.45, 7) is 11.6. The predicted molar refractivity (Wildman–Crippen MR) is 114 cm³/mol. The van der Waals surface area contributed by atoms with E-state index >= 15 is 0 Å². The van der Waals surface area contributed by atoms with E-state index in [1.54, 1.807) is 15.9 Å². The highest BCUT2D eigenvalue weighted by molar-refractivity contribution is 8.00. The van der Waals surface area contributed by atoms with Crippen molar-refractivity contribution in [2.75, 3.05) is 13.1 Å². The summed E-state index contributed by atoms with van der Waals surface area (Å²) in [5, 5.41) is 1.13. The van der Waals surface area contributed by atoms with Gasteiger partial charge in [0.15, 0.2) is 5.16 Å². The van der Waals surface area contributed by atoms with Crippen LogP contribution in [0.4, 0.5) is 0 Å². The Balaban J connectivity index is 1.94. The third kappa shape index (κ3) is 4.09. The predicted octanol–water partition coefficient (Wildman–Crippen LogP) is 4.54. The van der Waals surface area contributed by atoms with Gasteiger partial charge < -0.3 is 4.90 Å². The number of thiophene rings is 1. The van der Waals surface area contributed by atoms with Gasteiger partial charge >= 0.3 is 0 Å². The molecule has 0 unspecified atom stereocenters. The van der Waals surface area contributed by atoms with E-state index in [4.69, 9.17) is 4.98 Å². The maximum Gasteiger partial charge on any atom is 0.263 e. The Labute approximate surface area is 169 Å². The van der Waals surface area contributed by atoms with Gasteiger partial charge in [-0.2, -0.15) is 0 Å². The summed E-state index contributed by atoms with van der Waals surface area (Å²) in [5.74, 6) is 0.157. The molecule has 3 heterocycles. The molecule has 0 radical (unpaired) electrons. The molecular weight excluding hydrogens is 378 g/mol. The topological polar surface area (TPSA) is 55.2 Å². The summed E-state index contributed by atoms with van der Waals surface area (Å²) in [6, 6.07) is -0.00278. The number of likely N-dealkylation sites (tertiary alicyclic amines) is 1. The zero-order valence-corrected chi connectivity index (χ0v) is 18.5. The summed E-state index contributed by atoms with van der Waals surface area (Å²) < 4.78 is 1.75. The molecule has 1 atom stereocenters. The number of amides is 1. The van der Waals surface area contributed by atoms with Gasteiger partial charge in [-0.05, 0) is 53.0 Å². The van der Waals surface area contributed by atoms with Crippen molar-refractivity contribution in [1.29, 1.82) is 0 Å². The number of aromatic nitrogens is 2. The number of fused-ring (bicyclic) bond motifs is 1. The second kappa shape index (κ2) is 8.35. The Morgan fingerprint density at radius 2 is 1.74 bits per heavy atom. The van der Waals surface area contributed by atoms with E-state index in [0.717, 1.165) is 46.6 Å². The van der Waals surface area contributed by atoms with Crippen LogP contribution in [0.1, 0.15) is 62.9 Å². The van der Waals surface area contributed by atoms with Gasteiger partial charge in [-0.15, -0.1) is 11.3 Å². The molecule has 1 aliphatic heterocycles. The zero-order valence-electron chi connectivity index (χ0n) is 16.9. The highest BCUT2D eigenvalue weighted by Crippen LogP contribution is 2.31. The second-order valence-electron chi connectivity index (χ2n) is 7.63. The van der Waals surface area contributed by atoms with Crippen LogP contribution in [0.5, 0.6) is 0 Å². The Kier molecular flexibility index (Phi) is 6.31. The summed E-state index contributed by atoms with van der Waals surface area (Å²) in [5.41, 5.74) is 1.03. The van der Waals surface area contributed by atoms with E-state index in [0.29, 0.717) is 5.16 Å². The average Bonchev–Trinajstić information content (AvgIpc) is 2.80. The van der Waals surface area contributed by atoms with E-state index in [1.807, 2.05) is 39.5 Å². The van der Waals surface area contributed by atoms with Crippen molar-refractivity contribution in [1.82, 2.24) is 14.5 Å². The summed E-state index contributed by atoms with van der Waals surface area (Å²) in [7, 11) is 0. The largest absolute Gasteiger partial charge is 0.342 e. The third-order valence-corrected chi connectivity index (χ3v) is 7.42. The average molecular weight is 408 g/mol. The Hall–Kier alpha value is -1.34. The van der Waals surface area contributed by atoms with Crippen LogP contribution in [-0.4, -0.2) is 38.7 Å². The lowest BCUT2D eigenvalue weighted by atomic mass is 10.2. The highest BCUT2D eigenvalue weighted by Gasteiger charge is 2.26. The number of carbonyl (C=O) groups is 1. The monoisotopic (exact) mass is 407 g/mol. The lowest BCUT2D eigenvalue weighted by Crippen LogP contribution is -2.37. The molecule has 1 aliphatic rings. The van der Waals surface area contributed by atoms with Gasteiger partial charge in [0.2, 0.25) is 5.91 Å². The van der Waals surface area contributed by atoms with Gasteiger partial charge in [0, 0.05) is 24.0 Å². The molecule has 0 bridgehead atoms. The van der Waals surface area contributed by atoms with Crippen molar-refractivity contribution >= 4 is 39.2 Å². The van der Waals surface area contributed by atoms with Gasteiger partial charge in [-0.1, -0.05) is 24.6 Å². The fourth-order valence-electron chi connectivity index (χ4n) is 3.58. The summed E-state index contributed by atoms with van der Waals surface area (Å²) in [4.78, 5) is 34.8. The van der Waals surface area contributed by atoms with Crippen molar-refractivity contribution in [3.05, 3.63) is 20.8 Å². The molecule has 1 fully saturated rings. The molecular formula is C20H29N3O2S2. The van der Waals surface area contributed by atoms with Crippen LogP contribution in [-0.2, 0) is 4.79 Å². The standard InChI is InChI=1S/C20H29N3O2S2/c1-12(2)23-19(25)16-13(3)14(4)26-17(16)21-20(23)27-15(5)18(24)22-10-8-6-7-9-11-22/h12,15H,6-11H2,1-5H3/t15-/m1/s1.